The van der Waals surface area contributed by atoms with E-state index < -0.39 is 0 Å². The molecule has 0 aliphatic carbocycles. The van der Waals surface area contributed by atoms with Crippen LogP contribution in [-0.2, 0) is 6.54 Å². The van der Waals surface area contributed by atoms with E-state index in [2.05, 4.69) is 22.8 Å². The van der Waals surface area contributed by atoms with Crippen LogP contribution in [0.2, 0.25) is 0 Å². The summed E-state index contributed by atoms with van der Waals surface area (Å²) in [4.78, 5) is 12.3. The van der Waals surface area contributed by atoms with E-state index in [-0.39, 0.29) is 11.9 Å². The summed E-state index contributed by atoms with van der Waals surface area (Å²) in [5.41, 5.74) is 1.92. The first-order chi connectivity index (χ1) is 9.83. The van der Waals surface area contributed by atoms with Crippen LogP contribution in [0.5, 0.6) is 0 Å². The SMILES string of the molecule is O=C(NC1CCNC1)c1cccn1Cc1ccccc1. The normalized spacial score (nSPS) is 18.1. The molecule has 104 valence electrons. The van der Waals surface area contributed by atoms with Crippen molar-refractivity contribution in [2.24, 2.45) is 0 Å². The van der Waals surface area contributed by atoms with Crippen LogP contribution in [0, 0.1) is 0 Å². The third-order valence-corrected chi connectivity index (χ3v) is 3.65. The summed E-state index contributed by atoms with van der Waals surface area (Å²) in [6.07, 6.45) is 2.96. The Morgan fingerprint density at radius 2 is 2.10 bits per heavy atom. The lowest BCUT2D eigenvalue weighted by Crippen LogP contribution is -2.37. The Hall–Kier alpha value is -2.07. The maximum atomic E-state index is 12.3. The van der Waals surface area contributed by atoms with Crippen LogP contribution in [0.4, 0.5) is 0 Å². The lowest BCUT2D eigenvalue weighted by Gasteiger charge is -2.13. The van der Waals surface area contributed by atoms with E-state index in [1.165, 1.54) is 5.56 Å². The highest BCUT2D eigenvalue weighted by molar-refractivity contribution is 5.93. The summed E-state index contributed by atoms with van der Waals surface area (Å²) in [6.45, 7) is 2.57. The van der Waals surface area contributed by atoms with E-state index >= 15 is 0 Å². The van der Waals surface area contributed by atoms with Crippen molar-refractivity contribution in [2.45, 2.75) is 19.0 Å². The second kappa shape index (κ2) is 5.92. The van der Waals surface area contributed by atoms with Gasteiger partial charge in [-0.3, -0.25) is 4.79 Å². The summed E-state index contributed by atoms with van der Waals surface area (Å²) in [7, 11) is 0. The van der Waals surface area contributed by atoms with Gasteiger partial charge in [0.15, 0.2) is 0 Å². The molecular formula is C16H19N3O. The van der Waals surface area contributed by atoms with Gasteiger partial charge >= 0.3 is 0 Å². The lowest BCUT2D eigenvalue weighted by molar-refractivity contribution is 0.0931. The molecule has 2 N–H and O–H groups in total. The minimum absolute atomic E-state index is 0.0135. The first-order valence-corrected chi connectivity index (χ1v) is 7.03. The Labute approximate surface area is 118 Å². The highest BCUT2D eigenvalue weighted by Gasteiger charge is 2.19. The first kappa shape index (κ1) is 12.9. The van der Waals surface area contributed by atoms with Gasteiger partial charge in [-0.15, -0.1) is 0 Å². The molecule has 20 heavy (non-hydrogen) atoms. The molecule has 0 saturated carbocycles. The fourth-order valence-electron chi connectivity index (χ4n) is 2.58. The minimum Gasteiger partial charge on any atom is -0.347 e. The Balaban J connectivity index is 1.71. The van der Waals surface area contributed by atoms with Crippen LogP contribution in [0.25, 0.3) is 0 Å². The van der Waals surface area contributed by atoms with Gasteiger partial charge < -0.3 is 15.2 Å². The molecule has 1 aromatic heterocycles. The maximum Gasteiger partial charge on any atom is 0.268 e. The minimum atomic E-state index is 0.0135. The number of amides is 1. The van der Waals surface area contributed by atoms with E-state index in [0.29, 0.717) is 0 Å². The van der Waals surface area contributed by atoms with Crippen LogP contribution in [0.15, 0.2) is 48.7 Å². The second-order valence-electron chi connectivity index (χ2n) is 5.17. The predicted octanol–water partition coefficient (Wildman–Crippen LogP) is 1.63. The number of rotatable bonds is 4. The summed E-state index contributed by atoms with van der Waals surface area (Å²) in [5.74, 6) is 0.0135. The third-order valence-electron chi connectivity index (χ3n) is 3.65. The molecule has 1 saturated heterocycles. The average Bonchev–Trinajstić information content (AvgIpc) is 3.11. The number of aromatic nitrogens is 1. The van der Waals surface area contributed by atoms with Gasteiger partial charge in [-0.05, 0) is 30.7 Å². The van der Waals surface area contributed by atoms with E-state index in [4.69, 9.17) is 0 Å². The predicted molar refractivity (Wildman–Crippen MR) is 78.7 cm³/mol. The molecule has 2 heterocycles. The van der Waals surface area contributed by atoms with Gasteiger partial charge in [-0.1, -0.05) is 30.3 Å². The topological polar surface area (TPSA) is 46.1 Å². The molecule has 2 aromatic rings. The van der Waals surface area contributed by atoms with Crippen molar-refractivity contribution in [3.8, 4) is 0 Å². The fraction of sp³-hybridized carbons (Fsp3) is 0.312. The van der Waals surface area contributed by atoms with Crippen molar-refractivity contribution >= 4 is 5.91 Å². The largest absolute Gasteiger partial charge is 0.347 e. The molecule has 4 heteroatoms. The van der Waals surface area contributed by atoms with Crippen molar-refractivity contribution in [1.29, 1.82) is 0 Å². The molecule has 4 nitrogen and oxygen atoms in total. The quantitative estimate of drug-likeness (QED) is 0.886. The summed E-state index contributed by atoms with van der Waals surface area (Å²) in [5, 5.41) is 6.34. The monoisotopic (exact) mass is 269 g/mol. The first-order valence-electron chi connectivity index (χ1n) is 7.03. The Morgan fingerprint density at radius 1 is 1.25 bits per heavy atom. The molecular weight excluding hydrogens is 250 g/mol. The van der Waals surface area contributed by atoms with Crippen LogP contribution in [-0.4, -0.2) is 29.6 Å². The summed E-state index contributed by atoms with van der Waals surface area (Å²) < 4.78 is 1.99. The number of nitrogens with one attached hydrogen (secondary N) is 2. The van der Waals surface area contributed by atoms with Gasteiger partial charge in [0.2, 0.25) is 0 Å². The van der Waals surface area contributed by atoms with Gasteiger partial charge in [0, 0.05) is 25.3 Å². The van der Waals surface area contributed by atoms with Crippen LogP contribution < -0.4 is 10.6 Å². The zero-order valence-electron chi connectivity index (χ0n) is 11.4. The van der Waals surface area contributed by atoms with Gasteiger partial charge in [-0.25, -0.2) is 0 Å². The molecule has 1 aromatic carbocycles. The maximum absolute atomic E-state index is 12.3. The van der Waals surface area contributed by atoms with E-state index in [1.807, 2.05) is 41.1 Å². The van der Waals surface area contributed by atoms with Crippen molar-refractivity contribution < 1.29 is 4.79 Å². The van der Waals surface area contributed by atoms with Crippen LogP contribution >= 0.6 is 0 Å². The molecule has 0 bridgehead atoms. The zero-order chi connectivity index (χ0) is 13.8. The van der Waals surface area contributed by atoms with E-state index in [0.717, 1.165) is 31.7 Å². The number of nitrogens with zero attached hydrogens (tertiary/aromatic N) is 1. The molecule has 3 rings (SSSR count). The van der Waals surface area contributed by atoms with Crippen molar-refractivity contribution in [3.05, 3.63) is 59.9 Å². The number of hydrogen-bond acceptors (Lipinski definition) is 2. The molecule has 0 spiro atoms. The molecule has 1 aliphatic rings. The Bertz CT molecular complexity index is 570. The summed E-state index contributed by atoms with van der Waals surface area (Å²) >= 11 is 0. The van der Waals surface area contributed by atoms with Gasteiger partial charge in [0.1, 0.15) is 5.69 Å². The van der Waals surface area contributed by atoms with Gasteiger partial charge in [-0.2, -0.15) is 0 Å². The van der Waals surface area contributed by atoms with Crippen LogP contribution in [0.1, 0.15) is 22.5 Å². The Kier molecular flexibility index (Phi) is 3.83. The summed E-state index contributed by atoms with van der Waals surface area (Å²) in [6, 6.07) is 14.2. The molecule has 0 radical (unpaired) electrons. The van der Waals surface area contributed by atoms with E-state index in [1.54, 1.807) is 0 Å². The average molecular weight is 269 g/mol. The smallest absolute Gasteiger partial charge is 0.268 e. The molecule has 1 atom stereocenters. The molecule has 1 amide bonds. The lowest BCUT2D eigenvalue weighted by atomic mass is 10.2. The van der Waals surface area contributed by atoms with Crippen molar-refractivity contribution in [2.75, 3.05) is 13.1 Å². The van der Waals surface area contributed by atoms with Gasteiger partial charge in [0.25, 0.3) is 5.91 Å². The zero-order valence-corrected chi connectivity index (χ0v) is 11.4. The number of carbonyl (C=O) groups is 1. The highest BCUT2D eigenvalue weighted by atomic mass is 16.2. The van der Waals surface area contributed by atoms with Gasteiger partial charge in [0.05, 0.1) is 0 Å². The Morgan fingerprint density at radius 3 is 2.85 bits per heavy atom. The third kappa shape index (κ3) is 2.91. The second-order valence-corrected chi connectivity index (χ2v) is 5.17. The molecule has 1 unspecified atom stereocenters. The van der Waals surface area contributed by atoms with Crippen molar-refractivity contribution in [3.63, 3.8) is 0 Å². The van der Waals surface area contributed by atoms with Crippen LogP contribution in [0.3, 0.4) is 0 Å². The number of hydrogen-bond donors (Lipinski definition) is 2. The molecule has 1 fully saturated rings. The van der Waals surface area contributed by atoms with Crippen molar-refractivity contribution in [1.82, 2.24) is 15.2 Å². The highest BCUT2D eigenvalue weighted by Crippen LogP contribution is 2.09. The number of benzene rings is 1. The van der Waals surface area contributed by atoms with E-state index in [9.17, 15) is 4.79 Å². The fourth-order valence-corrected chi connectivity index (χ4v) is 2.58. The molecule has 1 aliphatic heterocycles. The standard InChI is InChI=1S/C16H19N3O/c20-16(18-14-8-9-17-11-14)15-7-4-10-19(15)12-13-5-2-1-3-6-13/h1-7,10,14,17H,8-9,11-12H2,(H,18,20). The number of carbonyl (C=O) groups excluding carboxylic acids is 1.